The van der Waals surface area contributed by atoms with Crippen molar-refractivity contribution >= 4 is 21.7 Å². The summed E-state index contributed by atoms with van der Waals surface area (Å²) in [5.74, 6) is 0.862. The molecule has 0 bridgehead atoms. The lowest BCUT2D eigenvalue weighted by Gasteiger charge is -2.12. The maximum absolute atomic E-state index is 4.31. The number of nitrogens with zero attached hydrogens (tertiary/aromatic N) is 2. The largest absolute Gasteiger partial charge is 0.304 e. The molecular formula is C8H12BrN3. The van der Waals surface area contributed by atoms with E-state index >= 15 is 0 Å². The molecule has 1 rings (SSSR count). The van der Waals surface area contributed by atoms with Crippen LogP contribution in [0.3, 0.4) is 0 Å². The van der Waals surface area contributed by atoms with Gasteiger partial charge in [0.05, 0.1) is 5.69 Å². The first kappa shape index (κ1) is 9.48. The number of rotatable bonds is 2. The fourth-order valence-electron chi connectivity index (χ4n) is 0.835. The molecule has 4 heteroatoms. The van der Waals surface area contributed by atoms with E-state index in [0.717, 1.165) is 16.0 Å². The molecule has 66 valence electrons. The van der Waals surface area contributed by atoms with Gasteiger partial charge in [-0.2, -0.15) is 0 Å². The van der Waals surface area contributed by atoms with Gasteiger partial charge in [0.25, 0.3) is 0 Å². The molecule has 0 saturated carbocycles. The summed E-state index contributed by atoms with van der Waals surface area (Å²) >= 11 is 3.39. The Labute approximate surface area is 80.9 Å². The molecule has 0 radical (unpaired) electrons. The molecule has 0 spiro atoms. The maximum Gasteiger partial charge on any atom is 0.140 e. The number of hydrogen-bond donors (Lipinski definition) is 1. The second-order valence-electron chi connectivity index (χ2n) is 2.77. The van der Waals surface area contributed by atoms with Crippen molar-refractivity contribution in [3.63, 3.8) is 0 Å². The third-order valence-electron chi connectivity index (χ3n) is 1.36. The molecule has 1 N–H and O–H groups in total. The van der Waals surface area contributed by atoms with E-state index in [4.69, 9.17) is 0 Å². The lowest BCUT2D eigenvalue weighted by molar-refractivity contribution is 0.492. The lowest BCUT2D eigenvalue weighted by Crippen LogP contribution is -2.20. The minimum Gasteiger partial charge on any atom is -0.304 e. The van der Waals surface area contributed by atoms with Crippen LogP contribution in [-0.4, -0.2) is 24.1 Å². The molecule has 1 aromatic heterocycles. The highest BCUT2D eigenvalue weighted by molar-refractivity contribution is 9.10. The van der Waals surface area contributed by atoms with Crippen LogP contribution in [0.4, 0.5) is 5.82 Å². The first-order chi connectivity index (χ1) is 5.59. The Kier molecular flexibility index (Phi) is 3.05. The third-order valence-corrected chi connectivity index (χ3v) is 2.20. The van der Waals surface area contributed by atoms with Gasteiger partial charge in [0.1, 0.15) is 5.82 Å². The van der Waals surface area contributed by atoms with Crippen LogP contribution in [0.1, 0.15) is 5.69 Å². The molecule has 0 amide bonds. The normalized spacial score (nSPS) is 10.4. The molecule has 12 heavy (non-hydrogen) atoms. The Hall–Kier alpha value is -0.610. The number of hydrogen-bond acceptors (Lipinski definition) is 3. The zero-order valence-electron chi connectivity index (χ0n) is 7.43. The monoisotopic (exact) mass is 229 g/mol. The Morgan fingerprint density at radius 3 is 2.58 bits per heavy atom. The minimum absolute atomic E-state index is 0.862. The van der Waals surface area contributed by atoms with Crippen molar-refractivity contribution in [1.82, 2.24) is 9.99 Å². The zero-order chi connectivity index (χ0) is 9.14. The molecule has 0 saturated heterocycles. The molecule has 0 aromatic carbocycles. The van der Waals surface area contributed by atoms with Crippen molar-refractivity contribution in [2.24, 2.45) is 0 Å². The fourth-order valence-corrected chi connectivity index (χ4v) is 1.06. The van der Waals surface area contributed by atoms with E-state index in [9.17, 15) is 0 Å². The van der Waals surface area contributed by atoms with E-state index in [0.29, 0.717) is 0 Å². The van der Waals surface area contributed by atoms with Crippen LogP contribution in [0.5, 0.6) is 0 Å². The standard InChI is InChI=1S/C8H12BrN3/c1-6-7(9)4-5-8(10-6)11-12(2)3/h4-5H,1-3H3,(H,10,11). The average molecular weight is 230 g/mol. The van der Waals surface area contributed by atoms with Gasteiger partial charge < -0.3 is 5.43 Å². The summed E-state index contributed by atoms with van der Waals surface area (Å²) in [7, 11) is 3.86. The van der Waals surface area contributed by atoms with Crippen LogP contribution < -0.4 is 5.43 Å². The highest BCUT2D eigenvalue weighted by Crippen LogP contribution is 2.15. The van der Waals surface area contributed by atoms with Gasteiger partial charge >= 0.3 is 0 Å². The number of aromatic nitrogens is 1. The Bertz CT molecular complexity index is 273. The van der Waals surface area contributed by atoms with Gasteiger partial charge in [-0.1, -0.05) is 0 Å². The van der Waals surface area contributed by atoms with Gasteiger partial charge in [0.2, 0.25) is 0 Å². The molecule has 0 unspecified atom stereocenters. The molecule has 0 aliphatic heterocycles. The van der Waals surface area contributed by atoms with Crippen LogP contribution in [-0.2, 0) is 0 Å². The number of hydrazine groups is 1. The molecule has 0 atom stereocenters. The van der Waals surface area contributed by atoms with Crippen LogP contribution in [0.15, 0.2) is 16.6 Å². The summed E-state index contributed by atoms with van der Waals surface area (Å²) in [5.41, 5.74) is 4.06. The van der Waals surface area contributed by atoms with Gasteiger partial charge in [-0.15, -0.1) is 0 Å². The van der Waals surface area contributed by atoms with Crippen molar-refractivity contribution in [2.75, 3.05) is 19.5 Å². The Morgan fingerprint density at radius 2 is 2.08 bits per heavy atom. The highest BCUT2D eigenvalue weighted by Gasteiger charge is 1.98. The van der Waals surface area contributed by atoms with Gasteiger partial charge in [-0.05, 0) is 35.0 Å². The first-order valence-electron chi connectivity index (χ1n) is 3.66. The number of aryl methyl sites for hydroxylation is 1. The molecule has 0 aliphatic carbocycles. The SMILES string of the molecule is Cc1nc(NN(C)C)ccc1Br. The summed E-state index contributed by atoms with van der Waals surface area (Å²) < 4.78 is 1.03. The summed E-state index contributed by atoms with van der Waals surface area (Å²) in [6, 6.07) is 3.91. The van der Waals surface area contributed by atoms with Crippen LogP contribution in [0.25, 0.3) is 0 Å². The molecule has 0 aliphatic rings. The number of anilines is 1. The van der Waals surface area contributed by atoms with Crippen molar-refractivity contribution in [3.05, 3.63) is 22.3 Å². The van der Waals surface area contributed by atoms with Gasteiger partial charge in [-0.25, -0.2) is 9.99 Å². The Balaban J connectivity index is 2.82. The summed E-state index contributed by atoms with van der Waals surface area (Å²) in [4.78, 5) is 4.31. The molecule has 1 heterocycles. The predicted octanol–water partition coefficient (Wildman–Crippen LogP) is 2.04. The summed E-state index contributed by atoms with van der Waals surface area (Å²) in [6.45, 7) is 1.96. The fraction of sp³-hybridized carbons (Fsp3) is 0.375. The number of nitrogens with one attached hydrogen (secondary N) is 1. The molecule has 3 nitrogen and oxygen atoms in total. The highest BCUT2D eigenvalue weighted by atomic mass is 79.9. The summed E-state index contributed by atoms with van der Waals surface area (Å²) in [5, 5.41) is 1.86. The molecular weight excluding hydrogens is 218 g/mol. The van der Waals surface area contributed by atoms with E-state index in [1.165, 1.54) is 0 Å². The van der Waals surface area contributed by atoms with Crippen LogP contribution in [0.2, 0.25) is 0 Å². The van der Waals surface area contributed by atoms with E-state index in [1.54, 1.807) is 0 Å². The van der Waals surface area contributed by atoms with Crippen molar-refractivity contribution in [2.45, 2.75) is 6.92 Å². The maximum atomic E-state index is 4.31. The Morgan fingerprint density at radius 1 is 1.42 bits per heavy atom. The smallest absolute Gasteiger partial charge is 0.140 e. The number of halogens is 1. The third kappa shape index (κ3) is 2.46. The van der Waals surface area contributed by atoms with Gasteiger partial charge in [0, 0.05) is 18.6 Å². The molecule has 0 fully saturated rings. The second kappa shape index (κ2) is 3.87. The molecule has 1 aromatic rings. The number of pyridine rings is 1. The predicted molar refractivity (Wildman–Crippen MR) is 54.0 cm³/mol. The topological polar surface area (TPSA) is 28.2 Å². The summed E-state index contributed by atoms with van der Waals surface area (Å²) in [6.07, 6.45) is 0. The minimum atomic E-state index is 0.862. The van der Waals surface area contributed by atoms with Crippen molar-refractivity contribution in [1.29, 1.82) is 0 Å². The zero-order valence-corrected chi connectivity index (χ0v) is 9.01. The lowest BCUT2D eigenvalue weighted by atomic mass is 10.4. The van der Waals surface area contributed by atoms with Crippen molar-refractivity contribution < 1.29 is 0 Å². The average Bonchev–Trinajstić information content (AvgIpc) is 1.96. The van der Waals surface area contributed by atoms with E-state index in [2.05, 4.69) is 26.3 Å². The van der Waals surface area contributed by atoms with Crippen molar-refractivity contribution in [3.8, 4) is 0 Å². The van der Waals surface area contributed by atoms with Crippen LogP contribution >= 0.6 is 15.9 Å². The quantitative estimate of drug-likeness (QED) is 0.788. The second-order valence-corrected chi connectivity index (χ2v) is 3.62. The van der Waals surface area contributed by atoms with Crippen LogP contribution in [0, 0.1) is 6.92 Å². The van der Waals surface area contributed by atoms with E-state index in [1.807, 2.05) is 38.2 Å². The first-order valence-corrected chi connectivity index (χ1v) is 4.46. The van der Waals surface area contributed by atoms with Gasteiger partial charge in [-0.3, -0.25) is 0 Å². The van der Waals surface area contributed by atoms with E-state index < -0.39 is 0 Å². The van der Waals surface area contributed by atoms with E-state index in [-0.39, 0.29) is 0 Å². The van der Waals surface area contributed by atoms with Gasteiger partial charge in [0.15, 0.2) is 0 Å².